The zero-order valence-electron chi connectivity index (χ0n) is 18.5. The summed E-state index contributed by atoms with van der Waals surface area (Å²) in [7, 11) is 0. The molecule has 0 amide bonds. The standard InChI is InChI=1S/C30H17N3S2/c1-2-8-18(9-3-1)21-15-16-23-28(31-21)20-14-17-26-27(19-10-4-6-12-24(19)34-26)29(20)33(23)30-32-22-11-5-7-13-25(22)35-30/h1-17H. The van der Waals surface area contributed by atoms with E-state index < -0.39 is 0 Å². The lowest BCUT2D eigenvalue weighted by molar-refractivity contribution is 1.15. The van der Waals surface area contributed by atoms with Gasteiger partial charge in [0.1, 0.15) is 0 Å². The quantitative estimate of drug-likeness (QED) is 0.246. The number of nitrogens with zero attached hydrogens (tertiary/aromatic N) is 3. The number of aromatic nitrogens is 3. The van der Waals surface area contributed by atoms with Crippen molar-refractivity contribution < 1.29 is 0 Å². The molecule has 4 aromatic carbocycles. The molecule has 8 rings (SSSR count). The molecule has 4 aromatic heterocycles. The maximum absolute atomic E-state index is 5.20. The molecule has 0 atom stereocenters. The molecule has 0 unspecified atom stereocenters. The van der Waals surface area contributed by atoms with Crippen LogP contribution in [0.25, 0.3) is 68.7 Å². The summed E-state index contributed by atoms with van der Waals surface area (Å²) in [5, 5.41) is 4.70. The normalized spacial score (nSPS) is 12.0. The van der Waals surface area contributed by atoms with Crippen LogP contribution >= 0.6 is 22.7 Å². The number of para-hydroxylation sites is 1. The molecule has 0 aliphatic rings. The summed E-state index contributed by atoms with van der Waals surface area (Å²) in [5.41, 5.74) is 6.42. The second kappa shape index (κ2) is 7.22. The van der Waals surface area contributed by atoms with Gasteiger partial charge in [0.25, 0.3) is 0 Å². The second-order valence-electron chi connectivity index (χ2n) is 8.66. The molecule has 8 aromatic rings. The summed E-state index contributed by atoms with van der Waals surface area (Å²) in [4.78, 5) is 10.3. The van der Waals surface area contributed by atoms with Gasteiger partial charge in [-0.2, -0.15) is 0 Å². The van der Waals surface area contributed by atoms with E-state index in [1.54, 1.807) is 11.3 Å². The summed E-state index contributed by atoms with van der Waals surface area (Å²) in [6.45, 7) is 0. The van der Waals surface area contributed by atoms with Crippen LogP contribution in [0.3, 0.4) is 0 Å². The molecule has 0 aliphatic heterocycles. The highest BCUT2D eigenvalue weighted by Gasteiger charge is 2.21. The molecule has 4 heterocycles. The van der Waals surface area contributed by atoms with E-state index in [2.05, 4.69) is 102 Å². The number of thiazole rings is 1. The number of hydrogen-bond donors (Lipinski definition) is 0. The third kappa shape index (κ3) is 2.77. The molecular formula is C30H17N3S2. The molecule has 164 valence electrons. The molecule has 35 heavy (non-hydrogen) atoms. The van der Waals surface area contributed by atoms with E-state index in [4.69, 9.17) is 9.97 Å². The van der Waals surface area contributed by atoms with Gasteiger partial charge in [-0.15, -0.1) is 11.3 Å². The minimum atomic E-state index is 0.975. The fraction of sp³-hybridized carbons (Fsp3) is 0. The van der Waals surface area contributed by atoms with Crippen molar-refractivity contribution in [3.8, 4) is 16.4 Å². The molecular weight excluding hydrogens is 466 g/mol. The van der Waals surface area contributed by atoms with Crippen molar-refractivity contribution >= 4 is 75.0 Å². The minimum absolute atomic E-state index is 0.975. The van der Waals surface area contributed by atoms with Crippen LogP contribution in [-0.4, -0.2) is 14.5 Å². The summed E-state index contributed by atoms with van der Waals surface area (Å²) in [6.07, 6.45) is 0. The number of thiophene rings is 1. The van der Waals surface area contributed by atoms with Gasteiger partial charge in [0, 0.05) is 31.1 Å². The lowest BCUT2D eigenvalue weighted by Crippen LogP contribution is -1.93. The number of fused-ring (bicyclic) bond motifs is 8. The summed E-state index contributed by atoms with van der Waals surface area (Å²) in [6, 6.07) is 36.3. The first-order valence-corrected chi connectivity index (χ1v) is 13.2. The van der Waals surface area contributed by atoms with Crippen LogP contribution in [-0.2, 0) is 0 Å². The van der Waals surface area contributed by atoms with E-state index in [0.29, 0.717) is 0 Å². The average Bonchev–Trinajstić information content (AvgIpc) is 3.59. The fourth-order valence-corrected chi connectivity index (χ4v) is 7.19. The Morgan fingerprint density at radius 3 is 2.26 bits per heavy atom. The Morgan fingerprint density at radius 2 is 1.37 bits per heavy atom. The van der Waals surface area contributed by atoms with E-state index in [9.17, 15) is 0 Å². The number of rotatable bonds is 2. The van der Waals surface area contributed by atoms with Gasteiger partial charge in [0.15, 0.2) is 5.13 Å². The highest BCUT2D eigenvalue weighted by Crippen LogP contribution is 2.43. The van der Waals surface area contributed by atoms with Gasteiger partial charge in [0.2, 0.25) is 0 Å². The fourth-order valence-electron chi connectivity index (χ4n) is 5.10. The lowest BCUT2D eigenvalue weighted by atomic mass is 10.1. The highest BCUT2D eigenvalue weighted by atomic mass is 32.1. The Balaban J connectivity index is 1.57. The van der Waals surface area contributed by atoms with Crippen LogP contribution in [0.2, 0.25) is 0 Å². The number of benzene rings is 4. The predicted molar refractivity (Wildman–Crippen MR) is 150 cm³/mol. The molecule has 5 heteroatoms. The largest absolute Gasteiger partial charge is 0.283 e. The van der Waals surface area contributed by atoms with Crippen LogP contribution < -0.4 is 0 Å². The lowest BCUT2D eigenvalue weighted by Gasteiger charge is -2.05. The van der Waals surface area contributed by atoms with Crippen molar-refractivity contribution in [1.29, 1.82) is 0 Å². The molecule has 0 bridgehead atoms. The monoisotopic (exact) mass is 483 g/mol. The van der Waals surface area contributed by atoms with Crippen LogP contribution in [0.5, 0.6) is 0 Å². The smallest absolute Gasteiger partial charge is 0.195 e. The maximum atomic E-state index is 5.20. The van der Waals surface area contributed by atoms with Crippen molar-refractivity contribution in [2.45, 2.75) is 0 Å². The Bertz CT molecular complexity index is 2030. The first-order chi connectivity index (χ1) is 17.3. The summed E-state index contributed by atoms with van der Waals surface area (Å²) >= 11 is 3.57. The van der Waals surface area contributed by atoms with Crippen molar-refractivity contribution in [1.82, 2.24) is 14.5 Å². The Morgan fingerprint density at radius 1 is 0.571 bits per heavy atom. The third-order valence-corrected chi connectivity index (χ3v) is 8.81. The van der Waals surface area contributed by atoms with Crippen molar-refractivity contribution in [2.75, 3.05) is 0 Å². The van der Waals surface area contributed by atoms with Crippen molar-refractivity contribution in [3.63, 3.8) is 0 Å². The number of pyridine rings is 1. The SMILES string of the molecule is c1ccc(-c2ccc3c(n2)c2ccc4sc5ccccc5c4c2n3-c2nc3ccccc3s2)cc1. The van der Waals surface area contributed by atoms with Crippen LogP contribution in [0.4, 0.5) is 0 Å². The topological polar surface area (TPSA) is 30.7 Å². The van der Waals surface area contributed by atoms with Gasteiger partial charge in [-0.1, -0.05) is 72.0 Å². The van der Waals surface area contributed by atoms with Gasteiger partial charge in [-0.05, 0) is 42.5 Å². The zero-order chi connectivity index (χ0) is 22.9. The van der Waals surface area contributed by atoms with Crippen LogP contribution in [0.1, 0.15) is 0 Å². The number of hydrogen-bond acceptors (Lipinski definition) is 4. The predicted octanol–water partition coefficient (Wildman–Crippen LogP) is 8.82. The first-order valence-electron chi connectivity index (χ1n) is 11.5. The minimum Gasteiger partial charge on any atom is -0.283 e. The molecule has 3 nitrogen and oxygen atoms in total. The molecule has 0 N–H and O–H groups in total. The van der Waals surface area contributed by atoms with Gasteiger partial charge in [-0.25, -0.2) is 9.97 Å². The highest BCUT2D eigenvalue weighted by molar-refractivity contribution is 7.26. The van der Waals surface area contributed by atoms with Gasteiger partial charge >= 0.3 is 0 Å². The average molecular weight is 484 g/mol. The van der Waals surface area contributed by atoms with Gasteiger partial charge in [0.05, 0.1) is 32.5 Å². The maximum Gasteiger partial charge on any atom is 0.195 e. The first kappa shape index (κ1) is 19.3. The van der Waals surface area contributed by atoms with E-state index in [1.165, 1.54) is 30.4 Å². The molecule has 0 radical (unpaired) electrons. The van der Waals surface area contributed by atoms with Crippen LogP contribution in [0, 0.1) is 0 Å². The van der Waals surface area contributed by atoms with E-state index in [1.807, 2.05) is 17.4 Å². The molecule has 0 fully saturated rings. The van der Waals surface area contributed by atoms with E-state index in [-0.39, 0.29) is 0 Å². The third-order valence-electron chi connectivity index (χ3n) is 6.65. The van der Waals surface area contributed by atoms with Crippen molar-refractivity contribution in [2.24, 2.45) is 0 Å². The molecule has 0 aliphatic carbocycles. The van der Waals surface area contributed by atoms with Crippen LogP contribution in [0.15, 0.2) is 103 Å². The second-order valence-corrected chi connectivity index (χ2v) is 10.8. The molecule has 0 spiro atoms. The molecule has 0 saturated carbocycles. The Kier molecular flexibility index (Phi) is 3.97. The van der Waals surface area contributed by atoms with E-state index in [0.717, 1.165) is 38.3 Å². The Labute approximate surface area is 208 Å². The zero-order valence-corrected chi connectivity index (χ0v) is 20.1. The Hall–Kier alpha value is -4.06. The summed E-state index contributed by atoms with van der Waals surface area (Å²) in [5.74, 6) is 0. The summed E-state index contributed by atoms with van der Waals surface area (Å²) < 4.78 is 6.11. The van der Waals surface area contributed by atoms with E-state index >= 15 is 0 Å². The van der Waals surface area contributed by atoms with Gasteiger partial charge in [-0.3, -0.25) is 4.57 Å². The van der Waals surface area contributed by atoms with Gasteiger partial charge < -0.3 is 0 Å². The molecule has 0 saturated heterocycles. The van der Waals surface area contributed by atoms with Crippen molar-refractivity contribution in [3.05, 3.63) is 103 Å².